The van der Waals surface area contributed by atoms with E-state index in [2.05, 4.69) is 15.3 Å². The Balaban J connectivity index is 1.78. The second-order valence-corrected chi connectivity index (χ2v) is 11.9. The first-order chi connectivity index (χ1) is 15.6. The first-order valence-corrected chi connectivity index (χ1v) is 13.0. The van der Waals surface area contributed by atoms with Crippen LogP contribution in [0.5, 0.6) is 0 Å². The standard InChI is InChI=1S/C23H24F3N4O2P/c1-13(15-5-4-6-16(19(15)24)20(25)26)29-21-18-11-17(14-7-9-33(3,32)10-8-14)23(31)30(2)22(18)28-12-27-21/h4-7,11-13,20H,8-10H2,1-3H3,(H,27,28,29)/t13-,33+/m1/s1. The number of nitrogens with zero attached hydrogens (tertiary/aromatic N) is 3. The minimum absolute atomic E-state index is 0.0818. The highest BCUT2D eigenvalue weighted by atomic mass is 31.2. The number of allylic oxidation sites excluding steroid dienone is 2. The lowest BCUT2D eigenvalue weighted by molar-refractivity contribution is 0.146. The summed E-state index contributed by atoms with van der Waals surface area (Å²) in [4.78, 5) is 21.5. The highest BCUT2D eigenvalue weighted by molar-refractivity contribution is 7.63. The molecule has 0 fully saturated rings. The number of alkyl halides is 2. The number of anilines is 1. The summed E-state index contributed by atoms with van der Waals surface area (Å²) < 4.78 is 54.7. The van der Waals surface area contributed by atoms with Crippen LogP contribution in [-0.2, 0) is 11.6 Å². The fourth-order valence-corrected chi connectivity index (χ4v) is 5.57. The number of aromatic nitrogens is 3. The van der Waals surface area contributed by atoms with Gasteiger partial charge in [-0.25, -0.2) is 23.1 Å². The Morgan fingerprint density at radius 3 is 2.61 bits per heavy atom. The molecule has 174 valence electrons. The molecule has 0 bridgehead atoms. The predicted molar refractivity (Wildman–Crippen MR) is 124 cm³/mol. The molecule has 2 aromatic heterocycles. The van der Waals surface area contributed by atoms with Gasteiger partial charge in [-0.15, -0.1) is 0 Å². The molecule has 1 aromatic carbocycles. The van der Waals surface area contributed by atoms with E-state index in [-0.39, 0.29) is 11.1 Å². The number of aryl methyl sites for hydroxylation is 1. The van der Waals surface area contributed by atoms with Crippen molar-refractivity contribution in [3.05, 3.63) is 69.5 Å². The molecular formula is C23H24F3N4O2P. The summed E-state index contributed by atoms with van der Waals surface area (Å²) >= 11 is 0. The van der Waals surface area contributed by atoms with Crippen LogP contribution in [-0.4, -0.2) is 33.5 Å². The van der Waals surface area contributed by atoms with Crippen LogP contribution < -0.4 is 10.9 Å². The van der Waals surface area contributed by atoms with E-state index in [0.29, 0.717) is 41.2 Å². The highest BCUT2D eigenvalue weighted by Crippen LogP contribution is 2.47. The maximum absolute atomic E-state index is 14.6. The second-order valence-electron chi connectivity index (χ2n) is 8.48. The molecule has 1 aliphatic heterocycles. The molecule has 0 unspecified atom stereocenters. The molecular weight excluding hydrogens is 452 g/mol. The van der Waals surface area contributed by atoms with E-state index < -0.39 is 31.0 Å². The zero-order chi connectivity index (χ0) is 23.9. The molecule has 2 atom stereocenters. The highest BCUT2D eigenvalue weighted by Gasteiger charge is 2.24. The fourth-order valence-electron chi connectivity index (χ4n) is 4.07. The lowest BCUT2D eigenvalue weighted by atomic mass is 10.0. The number of fused-ring (bicyclic) bond motifs is 1. The van der Waals surface area contributed by atoms with Crippen LogP contribution in [0.4, 0.5) is 19.0 Å². The van der Waals surface area contributed by atoms with Crippen LogP contribution in [0.2, 0.25) is 0 Å². The molecule has 1 aliphatic rings. The largest absolute Gasteiger partial charge is 0.363 e. The number of halogens is 3. The van der Waals surface area contributed by atoms with Crippen molar-refractivity contribution in [2.24, 2.45) is 7.05 Å². The Kier molecular flexibility index (Phi) is 6.18. The van der Waals surface area contributed by atoms with Crippen LogP contribution in [0, 0.1) is 5.82 Å². The van der Waals surface area contributed by atoms with Crippen molar-refractivity contribution in [1.29, 1.82) is 0 Å². The number of hydrogen-bond donors (Lipinski definition) is 1. The SMILES string of the molecule is C[C@@H](Nc1ncnc2c1cc(C1=CC[P@](C)(=O)CC1)c(=O)n2C)c1cccc(C(F)F)c1F. The maximum atomic E-state index is 14.6. The Hall–Kier alpha value is -2.93. The van der Waals surface area contributed by atoms with Gasteiger partial charge in [-0.05, 0) is 31.6 Å². The van der Waals surface area contributed by atoms with Gasteiger partial charge >= 0.3 is 0 Å². The van der Waals surface area contributed by atoms with E-state index in [1.807, 2.05) is 6.08 Å². The molecule has 0 amide bonds. The van der Waals surface area contributed by atoms with Gasteiger partial charge in [0.15, 0.2) is 0 Å². The van der Waals surface area contributed by atoms with E-state index >= 15 is 0 Å². The van der Waals surface area contributed by atoms with E-state index in [1.54, 1.807) is 26.7 Å². The molecule has 10 heteroatoms. The number of hydrogen-bond acceptors (Lipinski definition) is 5. The summed E-state index contributed by atoms with van der Waals surface area (Å²) in [5, 5.41) is 3.62. The third-order valence-corrected chi connectivity index (χ3v) is 8.17. The quantitative estimate of drug-likeness (QED) is 0.502. The predicted octanol–water partition coefficient (Wildman–Crippen LogP) is 5.36. The molecule has 4 rings (SSSR count). The summed E-state index contributed by atoms with van der Waals surface area (Å²) in [6.45, 7) is 3.41. The third kappa shape index (κ3) is 4.47. The van der Waals surface area contributed by atoms with Crippen molar-refractivity contribution >= 4 is 29.6 Å². The van der Waals surface area contributed by atoms with Crippen LogP contribution in [0.1, 0.15) is 42.5 Å². The van der Waals surface area contributed by atoms with Crippen molar-refractivity contribution in [1.82, 2.24) is 14.5 Å². The van der Waals surface area contributed by atoms with Crippen LogP contribution in [0.15, 0.2) is 41.5 Å². The number of rotatable bonds is 5. The van der Waals surface area contributed by atoms with Gasteiger partial charge in [0.25, 0.3) is 12.0 Å². The first kappa shape index (κ1) is 23.2. The van der Waals surface area contributed by atoms with Crippen molar-refractivity contribution in [2.45, 2.75) is 25.8 Å². The minimum atomic E-state index is -2.92. The van der Waals surface area contributed by atoms with E-state index in [9.17, 15) is 22.5 Å². The van der Waals surface area contributed by atoms with E-state index in [1.165, 1.54) is 23.0 Å². The summed E-state index contributed by atoms with van der Waals surface area (Å²) in [6, 6.07) is 4.91. The molecule has 0 spiro atoms. The zero-order valence-electron chi connectivity index (χ0n) is 18.5. The van der Waals surface area contributed by atoms with Gasteiger partial charge in [-0.2, -0.15) is 0 Å². The smallest absolute Gasteiger partial charge is 0.266 e. The fraction of sp³-hybridized carbons (Fsp3) is 0.348. The monoisotopic (exact) mass is 476 g/mol. The first-order valence-electron chi connectivity index (χ1n) is 10.5. The normalized spacial score (nSPS) is 19.5. The van der Waals surface area contributed by atoms with Gasteiger partial charge < -0.3 is 9.88 Å². The molecule has 3 heterocycles. The minimum Gasteiger partial charge on any atom is -0.363 e. The number of nitrogens with one attached hydrogen (secondary N) is 1. The topological polar surface area (TPSA) is 76.9 Å². The maximum Gasteiger partial charge on any atom is 0.266 e. The van der Waals surface area contributed by atoms with Gasteiger partial charge in [0.1, 0.15) is 23.6 Å². The summed E-state index contributed by atoms with van der Waals surface area (Å²) in [6.07, 6.45) is 1.74. The molecule has 33 heavy (non-hydrogen) atoms. The average Bonchev–Trinajstić information content (AvgIpc) is 2.76. The molecule has 0 saturated carbocycles. The Bertz CT molecular complexity index is 1370. The molecule has 6 nitrogen and oxygen atoms in total. The van der Waals surface area contributed by atoms with Gasteiger partial charge in [0.05, 0.1) is 24.1 Å². The molecule has 0 aliphatic carbocycles. The molecule has 0 radical (unpaired) electrons. The van der Waals surface area contributed by atoms with Crippen LogP contribution in [0.3, 0.4) is 0 Å². The Morgan fingerprint density at radius 1 is 1.21 bits per heavy atom. The number of pyridine rings is 1. The van der Waals surface area contributed by atoms with Gasteiger partial charge in [0.2, 0.25) is 0 Å². The summed E-state index contributed by atoms with van der Waals surface area (Å²) in [7, 11) is -0.604. The van der Waals surface area contributed by atoms with Gasteiger partial charge in [0, 0.05) is 30.5 Å². The van der Waals surface area contributed by atoms with Gasteiger partial charge in [-0.1, -0.05) is 24.3 Å². The molecule has 3 aromatic rings. The van der Waals surface area contributed by atoms with Crippen molar-refractivity contribution in [3.8, 4) is 0 Å². The van der Waals surface area contributed by atoms with E-state index in [0.717, 1.165) is 11.6 Å². The zero-order valence-corrected chi connectivity index (χ0v) is 19.4. The Labute approximate surface area is 188 Å². The van der Waals surface area contributed by atoms with Crippen LogP contribution >= 0.6 is 7.14 Å². The van der Waals surface area contributed by atoms with Gasteiger partial charge in [-0.3, -0.25) is 9.36 Å². The lowest BCUT2D eigenvalue weighted by Gasteiger charge is -2.21. The van der Waals surface area contributed by atoms with E-state index in [4.69, 9.17) is 0 Å². The number of benzene rings is 1. The summed E-state index contributed by atoms with van der Waals surface area (Å²) in [5.74, 6) is -0.612. The van der Waals surface area contributed by atoms with Crippen molar-refractivity contribution < 1.29 is 17.7 Å². The average molecular weight is 476 g/mol. The Morgan fingerprint density at radius 2 is 1.94 bits per heavy atom. The molecule has 0 saturated heterocycles. The lowest BCUT2D eigenvalue weighted by Crippen LogP contribution is -2.23. The third-order valence-electron chi connectivity index (χ3n) is 6.04. The van der Waals surface area contributed by atoms with Crippen molar-refractivity contribution in [3.63, 3.8) is 0 Å². The second kappa shape index (κ2) is 8.78. The summed E-state index contributed by atoms with van der Waals surface area (Å²) in [5.41, 5.74) is 0.877. The van der Waals surface area contributed by atoms with Crippen molar-refractivity contribution in [2.75, 3.05) is 24.3 Å². The molecule has 1 N–H and O–H groups in total. The van der Waals surface area contributed by atoms with Crippen LogP contribution in [0.25, 0.3) is 16.6 Å².